The monoisotopic (exact) mass is 198 g/mol. The third kappa shape index (κ3) is 2.09. The fourth-order valence-electron chi connectivity index (χ4n) is 1.77. The summed E-state index contributed by atoms with van der Waals surface area (Å²) in [4.78, 5) is 0. The minimum absolute atomic E-state index is 0.305. The molecule has 2 heterocycles. The minimum Gasteiger partial charge on any atom is -0.309 e. The lowest BCUT2D eigenvalue weighted by atomic mass is 10.0. The van der Waals surface area contributed by atoms with Crippen molar-refractivity contribution in [3.63, 3.8) is 0 Å². The van der Waals surface area contributed by atoms with E-state index in [0.29, 0.717) is 12.6 Å². The molecule has 14 heavy (non-hydrogen) atoms. The number of hydrogen-bond acceptors (Lipinski definition) is 3. The predicted molar refractivity (Wildman–Crippen MR) is 50.6 cm³/mol. The first-order valence-corrected chi connectivity index (χ1v) is 5.09. The molecule has 1 N–H and O–H groups in total. The summed E-state index contributed by atoms with van der Waals surface area (Å²) in [6, 6.07) is 0.317. The van der Waals surface area contributed by atoms with Crippen LogP contribution in [0.3, 0.4) is 0 Å². The topological polar surface area (TPSA) is 42.7 Å². The molecule has 1 atom stereocenters. The quantitative estimate of drug-likeness (QED) is 0.789. The van der Waals surface area contributed by atoms with Gasteiger partial charge in [-0.05, 0) is 19.4 Å². The van der Waals surface area contributed by atoms with Crippen LogP contribution in [0.1, 0.15) is 31.0 Å². The van der Waals surface area contributed by atoms with Crippen molar-refractivity contribution in [2.24, 2.45) is 0 Å². The van der Waals surface area contributed by atoms with Gasteiger partial charge < -0.3 is 5.32 Å². The van der Waals surface area contributed by atoms with E-state index in [4.69, 9.17) is 0 Å². The first-order valence-electron chi connectivity index (χ1n) is 5.09. The van der Waals surface area contributed by atoms with E-state index in [1.165, 1.54) is 12.8 Å². The summed E-state index contributed by atoms with van der Waals surface area (Å²) < 4.78 is 13.6. The number of nitrogens with one attached hydrogen (secondary N) is 1. The second-order valence-electron chi connectivity index (χ2n) is 3.60. The van der Waals surface area contributed by atoms with Crippen molar-refractivity contribution in [3.8, 4) is 0 Å². The standard InChI is InChI=1S/C9H15FN4/c10-4-6-14-7-9(12-13-14)8-3-1-2-5-11-8/h7-8,11H,1-6H2. The summed E-state index contributed by atoms with van der Waals surface area (Å²) >= 11 is 0. The molecular formula is C9H15FN4. The molecule has 0 bridgehead atoms. The fraction of sp³-hybridized carbons (Fsp3) is 0.778. The van der Waals surface area contributed by atoms with Gasteiger partial charge >= 0.3 is 0 Å². The highest BCUT2D eigenvalue weighted by Crippen LogP contribution is 2.20. The van der Waals surface area contributed by atoms with Crippen LogP contribution in [0.15, 0.2) is 6.20 Å². The molecule has 0 amide bonds. The highest BCUT2D eigenvalue weighted by Gasteiger charge is 2.17. The number of hydrogen-bond donors (Lipinski definition) is 1. The predicted octanol–water partition coefficient (Wildman–Crippen LogP) is 1.06. The van der Waals surface area contributed by atoms with E-state index >= 15 is 0 Å². The lowest BCUT2D eigenvalue weighted by molar-refractivity contribution is 0.405. The largest absolute Gasteiger partial charge is 0.309 e. The Bertz CT molecular complexity index is 280. The SMILES string of the molecule is FCCn1cc(C2CCCCN2)nn1. The molecule has 4 nitrogen and oxygen atoms in total. The van der Waals surface area contributed by atoms with Gasteiger partial charge in [0.2, 0.25) is 0 Å². The average Bonchev–Trinajstić information content (AvgIpc) is 2.68. The first-order chi connectivity index (χ1) is 6.90. The molecule has 78 valence electrons. The lowest BCUT2D eigenvalue weighted by Crippen LogP contribution is -2.27. The molecular weight excluding hydrogens is 183 g/mol. The second kappa shape index (κ2) is 4.50. The van der Waals surface area contributed by atoms with Crippen molar-refractivity contribution in [2.75, 3.05) is 13.2 Å². The van der Waals surface area contributed by atoms with Crippen LogP contribution in [0.4, 0.5) is 4.39 Å². The molecule has 1 aromatic rings. The Morgan fingerprint density at radius 1 is 1.57 bits per heavy atom. The number of halogens is 1. The van der Waals surface area contributed by atoms with Crippen LogP contribution in [0.2, 0.25) is 0 Å². The highest BCUT2D eigenvalue weighted by atomic mass is 19.1. The van der Waals surface area contributed by atoms with Gasteiger partial charge in [-0.3, -0.25) is 0 Å². The number of aryl methyl sites for hydroxylation is 1. The van der Waals surface area contributed by atoms with Crippen molar-refractivity contribution in [2.45, 2.75) is 31.8 Å². The number of piperidine rings is 1. The van der Waals surface area contributed by atoms with Crippen molar-refractivity contribution in [3.05, 3.63) is 11.9 Å². The number of aromatic nitrogens is 3. The maximum absolute atomic E-state index is 12.0. The van der Waals surface area contributed by atoms with Gasteiger partial charge in [-0.25, -0.2) is 9.07 Å². The van der Waals surface area contributed by atoms with Crippen molar-refractivity contribution >= 4 is 0 Å². The molecule has 1 aliphatic rings. The highest BCUT2D eigenvalue weighted by molar-refractivity contribution is 5.01. The van der Waals surface area contributed by atoms with Crippen LogP contribution < -0.4 is 5.32 Å². The van der Waals surface area contributed by atoms with Crippen molar-refractivity contribution < 1.29 is 4.39 Å². The molecule has 1 saturated heterocycles. The van der Waals surface area contributed by atoms with Crippen molar-refractivity contribution in [1.29, 1.82) is 0 Å². The maximum Gasteiger partial charge on any atom is 0.109 e. The molecule has 1 fully saturated rings. The van der Waals surface area contributed by atoms with Gasteiger partial charge in [0.05, 0.1) is 24.5 Å². The fourth-order valence-corrected chi connectivity index (χ4v) is 1.77. The molecule has 0 spiro atoms. The third-order valence-corrected chi connectivity index (χ3v) is 2.54. The summed E-state index contributed by atoms with van der Waals surface area (Å²) in [5.74, 6) is 0. The average molecular weight is 198 g/mol. The zero-order chi connectivity index (χ0) is 9.80. The van der Waals surface area contributed by atoms with Gasteiger partial charge in [0.25, 0.3) is 0 Å². The normalized spacial score (nSPS) is 22.5. The first kappa shape index (κ1) is 9.58. The van der Waals surface area contributed by atoms with E-state index < -0.39 is 0 Å². The Hall–Kier alpha value is -0.970. The van der Waals surface area contributed by atoms with E-state index in [1.54, 1.807) is 4.68 Å². The third-order valence-electron chi connectivity index (χ3n) is 2.54. The van der Waals surface area contributed by atoms with Crippen LogP contribution in [-0.4, -0.2) is 28.2 Å². The van der Waals surface area contributed by atoms with Crippen molar-refractivity contribution in [1.82, 2.24) is 20.3 Å². The molecule has 0 saturated carbocycles. The summed E-state index contributed by atoms with van der Waals surface area (Å²) in [5, 5.41) is 11.3. The zero-order valence-electron chi connectivity index (χ0n) is 8.12. The Kier molecular flexibility index (Phi) is 3.08. The zero-order valence-corrected chi connectivity index (χ0v) is 8.12. The number of nitrogens with zero attached hydrogens (tertiary/aromatic N) is 3. The second-order valence-corrected chi connectivity index (χ2v) is 3.60. The number of alkyl halides is 1. The maximum atomic E-state index is 12.0. The van der Waals surface area contributed by atoms with Gasteiger partial charge in [-0.1, -0.05) is 11.6 Å². The summed E-state index contributed by atoms with van der Waals surface area (Å²) in [5.41, 5.74) is 0.943. The minimum atomic E-state index is -0.388. The van der Waals surface area contributed by atoms with Crippen LogP contribution in [-0.2, 0) is 6.54 Å². The van der Waals surface area contributed by atoms with E-state index in [-0.39, 0.29) is 6.67 Å². The van der Waals surface area contributed by atoms with E-state index in [1.807, 2.05) is 6.20 Å². The lowest BCUT2D eigenvalue weighted by Gasteiger charge is -2.20. The van der Waals surface area contributed by atoms with Crippen LogP contribution in [0.25, 0.3) is 0 Å². The Labute approximate surface area is 82.5 Å². The molecule has 0 aromatic carbocycles. The van der Waals surface area contributed by atoms with Gasteiger partial charge in [-0.15, -0.1) is 5.10 Å². The van der Waals surface area contributed by atoms with Crippen LogP contribution in [0.5, 0.6) is 0 Å². The van der Waals surface area contributed by atoms with E-state index in [0.717, 1.165) is 18.7 Å². The molecule has 1 aliphatic heterocycles. The molecule has 0 radical (unpaired) electrons. The molecule has 0 aliphatic carbocycles. The van der Waals surface area contributed by atoms with Gasteiger partial charge in [-0.2, -0.15) is 0 Å². The van der Waals surface area contributed by atoms with E-state index in [2.05, 4.69) is 15.6 Å². The smallest absolute Gasteiger partial charge is 0.109 e. The van der Waals surface area contributed by atoms with Gasteiger partial charge in [0.15, 0.2) is 0 Å². The Morgan fingerprint density at radius 3 is 3.21 bits per heavy atom. The molecule has 5 heteroatoms. The van der Waals surface area contributed by atoms with Gasteiger partial charge in [0.1, 0.15) is 6.67 Å². The Morgan fingerprint density at radius 2 is 2.50 bits per heavy atom. The van der Waals surface area contributed by atoms with E-state index in [9.17, 15) is 4.39 Å². The molecule has 1 unspecified atom stereocenters. The number of rotatable bonds is 3. The summed E-state index contributed by atoms with van der Waals surface area (Å²) in [6.45, 7) is 0.960. The summed E-state index contributed by atoms with van der Waals surface area (Å²) in [6.07, 6.45) is 5.40. The molecule has 1 aromatic heterocycles. The molecule has 2 rings (SSSR count). The van der Waals surface area contributed by atoms with Crippen LogP contribution >= 0.6 is 0 Å². The summed E-state index contributed by atoms with van der Waals surface area (Å²) in [7, 11) is 0. The van der Waals surface area contributed by atoms with Gasteiger partial charge in [0, 0.05) is 0 Å². The Balaban J connectivity index is 2.00. The van der Waals surface area contributed by atoms with Crippen LogP contribution in [0, 0.1) is 0 Å².